The molecule has 7 heteroatoms. The Kier molecular flexibility index (Phi) is 8.25. The van der Waals surface area contributed by atoms with Gasteiger partial charge in [-0.25, -0.2) is 4.98 Å². The summed E-state index contributed by atoms with van der Waals surface area (Å²) in [6, 6.07) is 32.9. The largest absolute Gasteiger partial charge is 0.494 e. The lowest BCUT2D eigenvalue weighted by atomic mass is 9.70. The minimum absolute atomic E-state index is 0.449. The molecule has 1 N–H and O–H groups in total. The van der Waals surface area contributed by atoms with Gasteiger partial charge in [0.05, 0.1) is 23.8 Å². The smallest absolute Gasteiger partial charge is 0.481 e. The third-order valence-electron chi connectivity index (χ3n) is 9.67. The highest BCUT2D eigenvalue weighted by Gasteiger charge is 2.52. The van der Waals surface area contributed by atoms with E-state index < -0.39 is 29.8 Å². The molecular weight excluding hydrogens is 559 g/mol. The van der Waals surface area contributed by atoms with Gasteiger partial charge in [-0.3, -0.25) is 0 Å². The first-order valence-electron chi connectivity index (χ1n) is 15.7. The van der Waals surface area contributed by atoms with Crippen molar-refractivity contribution in [1.29, 1.82) is 0 Å². The molecule has 1 fully saturated rings. The van der Waals surface area contributed by atoms with Crippen LogP contribution in [0.4, 0.5) is 0 Å². The van der Waals surface area contributed by atoms with Gasteiger partial charge in [-0.05, 0) is 87.7 Å². The lowest BCUT2D eigenvalue weighted by molar-refractivity contribution is 0.00520. The Labute approximate surface area is 267 Å². The molecule has 45 heavy (non-hydrogen) atoms. The molecule has 1 aliphatic rings. The number of rotatable bonds is 9. The van der Waals surface area contributed by atoms with E-state index in [4.69, 9.17) is 19.0 Å². The van der Waals surface area contributed by atoms with Crippen LogP contribution in [-0.4, -0.2) is 61.1 Å². The molecule has 0 radical (unpaired) electrons. The Hall–Kier alpha value is -3.75. The van der Waals surface area contributed by atoms with Crippen LogP contribution in [0.1, 0.15) is 56.7 Å². The van der Waals surface area contributed by atoms with E-state index in [9.17, 15) is 5.11 Å². The first-order valence-corrected chi connectivity index (χ1v) is 15.7. The van der Waals surface area contributed by atoms with E-state index in [-0.39, 0.29) is 0 Å². The molecule has 1 saturated heterocycles. The summed E-state index contributed by atoms with van der Waals surface area (Å²) in [5, 5.41) is 16.3. The third kappa shape index (κ3) is 5.75. The second-order valence-electron chi connectivity index (χ2n) is 13.5. The SMILES string of the molecule is COc1nc2ccc(B3OC(C)(C)C(C)(C)O3)cc2cc1[C@@H](c1ccccc1)[C@@](O)(CCN(C)C)c1cccc2ccccc12. The first-order chi connectivity index (χ1) is 21.4. The van der Waals surface area contributed by atoms with Gasteiger partial charge in [0, 0.05) is 23.4 Å². The molecule has 1 aromatic heterocycles. The van der Waals surface area contributed by atoms with Gasteiger partial charge in [-0.1, -0.05) is 84.9 Å². The summed E-state index contributed by atoms with van der Waals surface area (Å²) in [4.78, 5) is 7.12. The molecule has 0 aliphatic carbocycles. The molecule has 5 aromatic rings. The van der Waals surface area contributed by atoms with Gasteiger partial charge in [0.2, 0.25) is 5.88 Å². The Morgan fingerprint density at radius 2 is 1.51 bits per heavy atom. The van der Waals surface area contributed by atoms with Crippen molar-refractivity contribution in [1.82, 2.24) is 9.88 Å². The van der Waals surface area contributed by atoms with Crippen LogP contribution in [0.25, 0.3) is 21.7 Å². The molecule has 1 aliphatic heterocycles. The van der Waals surface area contributed by atoms with E-state index in [1.807, 2.05) is 62.6 Å². The second kappa shape index (κ2) is 11.9. The van der Waals surface area contributed by atoms with Crippen LogP contribution in [0, 0.1) is 0 Å². The Morgan fingerprint density at radius 3 is 2.20 bits per heavy atom. The van der Waals surface area contributed by atoms with Gasteiger partial charge in [0.15, 0.2) is 0 Å². The van der Waals surface area contributed by atoms with E-state index in [2.05, 4.69) is 81.1 Å². The lowest BCUT2D eigenvalue weighted by Gasteiger charge is -2.39. The summed E-state index contributed by atoms with van der Waals surface area (Å²) in [5.74, 6) is 0.0000558. The summed E-state index contributed by atoms with van der Waals surface area (Å²) in [5.41, 5.74) is 2.19. The van der Waals surface area contributed by atoms with Gasteiger partial charge in [-0.15, -0.1) is 0 Å². The van der Waals surface area contributed by atoms with Gasteiger partial charge >= 0.3 is 7.12 Å². The zero-order valence-corrected chi connectivity index (χ0v) is 27.4. The number of benzene rings is 4. The number of methoxy groups -OCH3 is 1. The normalized spacial score (nSPS) is 17.9. The minimum Gasteiger partial charge on any atom is -0.481 e. The molecule has 2 heterocycles. The van der Waals surface area contributed by atoms with E-state index in [1.54, 1.807) is 7.11 Å². The molecule has 6 nitrogen and oxygen atoms in total. The molecular formula is C38H43BN2O4. The third-order valence-corrected chi connectivity index (χ3v) is 9.67. The number of aromatic nitrogens is 1. The van der Waals surface area contributed by atoms with Crippen LogP contribution < -0.4 is 10.2 Å². The second-order valence-corrected chi connectivity index (χ2v) is 13.5. The van der Waals surface area contributed by atoms with Crippen LogP contribution in [0.15, 0.2) is 97.1 Å². The van der Waals surface area contributed by atoms with Crippen molar-refractivity contribution < 1.29 is 19.2 Å². The fraction of sp³-hybridized carbons (Fsp3) is 0.342. The van der Waals surface area contributed by atoms with Gasteiger partial charge in [0.1, 0.15) is 5.60 Å². The summed E-state index contributed by atoms with van der Waals surface area (Å²) >= 11 is 0. The average Bonchev–Trinajstić information content (AvgIpc) is 3.25. The van der Waals surface area contributed by atoms with Crippen LogP contribution in [0.5, 0.6) is 5.88 Å². The number of hydrogen-bond acceptors (Lipinski definition) is 6. The Morgan fingerprint density at radius 1 is 0.844 bits per heavy atom. The first kappa shape index (κ1) is 31.2. The van der Waals surface area contributed by atoms with E-state index in [0.717, 1.165) is 43.8 Å². The predicted octanol–water partition coefficient (Wildman–Crippen LogP) is 6.67. The van der Waals surface area contributed by atoms with E-state index in [1.165, 1.54) is 0 Å². The molecule has 0 spiro atoms. The van der Waals surface area contributed by atoms with Gasteiger partial charge < -0.3 is 24.1 Å². The number of pyridine rings is 1. The summed E-state index contributed by atoms with van der Waals surface area (Å²) in [7, 11) is 5.23. The fourth-order valence-electron chi connectivity index (χ4n) is 6.48. The number of fused-ring (bicyclic) bond motifs is 2. The van der Waals surface area contributed by atoms with E-state index >= 15 is 0 Å². The van der Waals surface area contributed by atoms with Crippen molar-refractivity contribution in [2.24, 2.45) is 0 Å². The monoisotopic (exact) mass is 602 g/mol. The summed E-state index contributed by atoms with van der Waals surface area (Å²) in [6.07, 6.45) is 0.489. The van der Waals surface area contributed by atoms with Crippen molar-refractivity contribution in [3.63, 3.8) is 0 Å². The van der Waals surface area contributed by atoms with Crippen LogP contribution >= 0.6 is 0 Å². The average molecular weight is 603 g/mol. The quantitative estimate of drug-likeness (QED) is 0.190. The highest BCUT2D eigenvalue weighted by Crippen LogP contribution is 2.49. The molecule has 2 atom stereocenters. The van der Waals surface area contributed by atoms with Crippen molar-refractivity contribution in [3.8, 4) is 5.88 Å². The number of hydrogen-bond donors (Lipinski definition) is 1. The summed E-state index contributed by atoms with van der Waals surface area (Å²) < 4.78 is 18.8. The standard InChI is InChI=1S/C38H43BN2O4/c1-36(2)37(3,4)45-39(44-36)29-20-21-33-28(24-29)25-31(35(40-33)43-7)34(27-15-9-8-10-16-27)38(42,22-23-41(5)6)32-19-13-17-26-14-11-12-18-30(26)32/h8-21,24-25,34,42H,22-23H2,1-7H3/t34-,38-/m1/s1. The molecule has 6 rings (SSSR count). The maximum Gasteiger partial charge on any atom is 0.494 e. The molecule has 4 aromatic carbocycles. The predicted molar refractivity (Wildman–Crippen MR) is 183 cm³/mol. The Balaban J connectivity index is 1.58. The number of aliphatic hydroxyl groups is 1. The minimum atomic E-state index is -1.31. The molecule has 0 amide bonds. The van der Waals surface area contributed by atoms with Gasteiger partial charge in [0.25, 0.3) is 0 Å². The maximum absolute atomic E-state index is 13.3. The van der Waals surface area contributed by atoms with E-state index in [0.29, 0.717) is 18.8 Å². The topological polar surface area (TPSA) is 64.0 Å². The highest BCUT2D eigenvalue weighted by molar-refractivity contribution is 6.62. The molecule has 0 saturated carbocycles. The van der Waals surface area contributed by atoms with Crippen LogP contribution in [-0.2, 0) is 14.9 Å². The van der Waals surface area contributed by atoms with Crippen molar-refractivity contribution in [2.45, 2.75) is 56.8 Å². The molecule has 232 valence electrons. The zero-order valence-electron chi connectivity index (χ0n) is 27.4. The maximum atomic E-state index is 13.3. The van der Waals surface area contributed by atoms with Gasteiger partial charge in [-0.2, -0.15) is 0 Å². The number of ether oxygens (including phenoxy) is 1. The lowest BCUT2D eigenvalue weighted by Crippen LogP contribution is -2.41. The summed E-state index contributed by atoms with van der Waals surface area (Å²) in [6.45, 7) is 8.92. The highest BCUT2D eigenvalue weighted by atomic mass is 16.7. The fourth-order valence-corrected chi connectivity index (χ4v) is 6.48. The molecule has 0 bridgehead atoms. The van der Waals surface area contributed by atoms with Crippen LogP contribution in [0.2, 0.25) is 0 Å². The molecule has 0 unspecified atom stereocenters. The zero-order chi connectivity index (χ0) is 32.0. The van der Waals surface area contributed by atoms with Crippen molar-refractivity contribution in [3.05, 3.63) is 114 Å². The Bertz CT molecular complexity index is 1800. The van der Waals surface area contributed by atoms with Crippen molar-refractivity contribution in [2.75, 3.05) is 27.7 Å². The number of nitrogens with zero attached hydrogens (tertiary/aromatic N) is 2. The van der Waals surface area contributed by atoms with Crippen molar-refractivity contribution >= 4 is 34.3 Å². The van der Waals surface area contributed by atoms with Crippen LogP contribution in [0.3, 0.4) is 0 Å².